The van der Waals surface area contributed by atoms with E-state index >= 15 is 0 Å². The molecule has 0 atom stereocenters. The highest BCUT2D eigenvalue weighted by Crippen LogP contribution is 2.02. The summed E-state index contributed by atoms with van der Waals surface area (Å²) in [4.78, 5) is 20.3. The monoisotopic (exact) mass is 117 g/mol. The number of Topliss-reactive ketones (excluding diaryl/α,β-unsaturated/α-hetero) is 1. The summed E-state index contributed by atoms with van der Waals surface area (Å²) in [6.45, 7) is 0.198. The van der Waals surface area contributed by atoms with Gasteiger partial charge in [0.1, 0.15) is 0 Å². The SMILES string of the molecule is O=C1CNSC1=O. The lowest BCUT2D eigenvalue weighted by atomic mass is 10.5. The Morgan fingerprint density at radius 2 is 2.29 bits per heavy atom. The Morgan fingerprint density at radius 1 is 1.57 bits per heavy atom. The number of rotatable bonds is 0. The number of nitrogens with one attached hydrogen (secondary N) is 1. The predicted molar refractivity (Wildman–Crippen MR) is 25.6 cm³/mol. The Bertz CT molecular complexity index is 108. The summed E-state index contributed by atoms with van der Waals surface area (Å²) in [7, 11) is 0. The fourth-order valence-electron chi connectivity index (χ4n) is 0.296. The summed E-state index contributed by atoms with van der Waals surface area (Å²) in [5, 5.41) is -0.375. The molecule has 0 aromatic rings. The van der Waals surface area contributed by atoms with Crippen LogP contribution in [0.15, 0.2) is 0 Å². The molecule has 1 rings (SSSR count). The van der Waals surface area contributed by atoms with E-state index in [4.69, 9.17) is 0 Å². The Morgan fingerprint density at radius 3 is 2.43 bits per heavy atom. The van der Waals surface area contributed by atoms with Gasteiger partial charge in [-0.2, -0.15) is 0 Å². The van der Waals surface area contributed by atoms with Crippen molar-refractivity contribution in [3.63, 3.8) is 0 Å². The van der Waals surface area contributed by atoms with Gasteiger partial charge in [-0.1, -0.05) is 0 Å². The van der Waals surface area contributed by atoms with Crippen molar-refractivity contribution in [1.82, 2.24) is 4.72 Å². The quantitative estimate of drug-likeness (QED) is 0.338. The maximum Gasteiger partial charge on any atom is 0.271 e. The minimum atomic E-state index is -0.375. The largest absolute Gasteiger partial charge is 0.288 e. The lowest BCUT2D eigenvalue weighted by Gasteiger charge is -1.71. The van der Waals surface area contributed by atoms with Gasteiger partial charge in [-0.3, -0.25) is 9.59 Å². The van der Waals surface area contributed by atoms with Crippen LogP contribution >= 0.6 is 11.9 Å². The van der Waals surface area contributed by atoms with Crippen molar-refractivity contribution >= 4 is 22.8 Å². The van der Waals surface area contributed by atoms with Crippen LogP contribution in [0.2, 0.25) is 0 Å². The van der Waals surface area contributed by atoms with Gasteiger partial charge in [-0.25, -0.2) is 4.72 Å². The van der Waals surface area contributed by atoms with Crippen molar-refractivity contribution in [2.45, 2.75) is 0 Å². The molecule has 0 unspecified atom stereocenters. The fraction of sp³-hybridized carbons (Fsp3) is 0.333. The molecule has 1 heterocycles. The van der Waals surface area contributed by atoms with E-state index in [9.17, 15) is 9.59 Å². The molecule has 1 saturated heterocycles. The molecule has 7 heavy (non-hydrogen) atoms. The number of ketones is 1. The zero-order valence-corrected chi connectivity index (χ0v) is 4.25. The molecule has 38 valence electrons. The normalized spacial score (nSPS) is 21.1. The van der Waals surface area contributed by atoms with Gasteiger partial charge in [0.25, 0.3) is 5.12 Å². The van der Waals surface area contributed by atoms with Gasteiger partial charge in [-0.05, 0) is 0 Å². The highest BCUT2D eigenvalue weighted by molar-refractivity contribution is 8.14. The molecule has 1 aliphatic heterocycles. The smallest absolute Gasteiger partial charge is 0.271 e. The second-order valence-electron chi connectivity index (χ2n) is 1.13. The van der Waals surface area contributed by atoms with E-state index in [1.807, 2.05) is 0 Å². The zero-order chi connectivity index (χ0) is 5.28. The summed E-state index contributed by atoms with van der Waals surface area (Å²) in [6.07, 6.45) is 0. The van der Waals surface area contributed by atoms with Crippen LogP contribution in [0.25, 0.3) is 0 Å². The Kier molecular flexibility index (Phi) is 1.12. The topological polar surface area (TPSA) is 46.2 Å². The third-order valence-corrected chi connectivity index (χ3v) is 1.33. The maximum atomic E-state index is 10.1. The molecule has 0 bridgehead atoms. The van der Waals surface area contributed by atoms with E-state index in [0.29, 0.717) is 0 Å². The van der Waals surface area contributed by atoms with Crippen LogP contribution in [-0.2, 0) is 9.59 Å². The van der Waals surface area contributed by atoms with E-state index < -0.39 is 0 Å². The van der Waals surface area contributed by atoms with Gasteiger partial charge in [0.2, 0.25) is 5.78 Å². The molecule has 0 saturated carbocycles. The highest BCUT2D eigenvalue weighted by Gasteiger charge is 2.20. The Balaban J connectivity index is 2.65. The average Bonchev–Trinajstić information content (AvgIpc) is 1.91. The van der Waals surface area contributed by atoms with Gasteiger partial charge >= 0.3 is 0 Å². The van der Waals surface area contributed by atoms with Crippen molar-refractivity contribution in [2.24, 2.45) is 0 Å². The van der Waals surface area contributed by atoms with E-state index in [0.717, 1.165) is 11.9 Å². The average molecular weight is 117 g/mol. The van der Waals surface area contributed by atoms with Crippen LogP contribution in [0.4, 0.5) is 0 Å². The Labute approximate surface area is 44.6 Å². The Hall–Kier alpha value is -0.350. The highest BCUT2D eigenvalue weighted by atomic mass is 32.2. The lowest BCUT2D eigenvalue weighted by molar-refractivity contribution is -0.130. The minimum Gasteiger partial charge on any atom is -0.288 e. The maximum absolute atomic E-state index is 10.1. The summed E-state index contributed by atoms with van der Waals surface area (Å²) < 4.78 is 2.54. The summed E-state index contributed by atoms with van der Waals surface area (Å²) in [6, 6.07) is 0. The van der Waals surface area contributed by atoms with Crippen molar-refractivity contribution in [3.8, 4) is 0 Å². The summed E-state index contributed by atoms with van der Waals surface area (Å²) in [5.74, 6) is -0.329. The third-order valence-electron chi connectivity index (χ3n) is 0.625. The molecule has 0 aromatic heterocycles. The van der Waals surface area contributed by atoms with Crippen molar-refractivity contribution in [3.05, 3.63) is 0 Å². The first-order chi connectivity index (χ1) is 3.30. The molecule has 0 amide bonds. The van der Waals surface area contributed by atoms with Crippen LogP contribution in [0.1, 0.15) is 0 Å². The van der Waals surface area contributed by atoms with E-state index in [1.54, 1.807) is 0 Å². The van der Waals surface area contributed by atoms with E-state index in [2.05, 4.69) is 4.72 Å². The standard InChI is InChI=1S/C3H3NO2S/c5-2-1-4-7-3(2)6/h4H,1H2. The number of hydrogen-bond acceptors (Lipinski definition) is 4. The van der Waals surface area contributed by atoms with Crippen LogP contribution in [0.5, 0.6) is 0 Å². The predicted octanol–water partition coefficient (Wildman–Crippen LogP) is -0.666. The van der Waals surface area contributed by atoms with Crippen LogP contribution < -0.4 is 4.72 Å². The molecule has 0 radical (unpaired) electrons. The molecule has 4 heteroatoms. The van der Waals surface area contributed by atoms with Gasteiger partial charge in [-0.15, -0.1) is 0 Å². The van der Waals surface area contributed by atoms with Crippen LogP contribution in [-0.4, -0.2) is 17.4 Å². The number of carbonyl (C=O) groups is 2. The first-order valence-corrected chi connectivity index (χ1v) is 2.59. The zero-order valence-electron chi connectivity index (χ0n) is 3.43. The van der Waals surface area contributed by atoms with Gasteiger partial charge in [0, 0.05) is 11.9 Å². The second kappa shape index (κ2) is 1.63. The molecule has 1 aliphatic rings. The molecular formula is C3H3NO2S. The molecule has 0 aromatic carbocycles. The molecule has 3 nitrogen and oxygen atoms in total. The molecule has 0 spiro atoms. The first-order valence-electron chi connectivity index (χ1n) is 1.77. The van der Waals surface area contributed by atoms with Crippen molar-refractivity contribution in [1.29, 1.82) is 0 Å². The fourth-order valence-corrected chi connectivity index (χ4v) is 0.817. The summed E-state index contributed by atoms with van der Waals surface area (Å²) >= 11 is 0.867. The molecule has 1 N–H and O–H groups in total. The van der Waals surface area contributed by atoms with E-state index in [1.165, 1.54) is 0 Å². The van der Waals surface area contributed by atoms with Crippen molar-refractivity contribution < 1.29 is 9.59 Å². The molecular weight excluding hydrogens is 114 g/mol. The third kappa shape index (κ3) is 0.808. The number of carbonyl (C=O) groups excluding carboxylic acids is 2. The molecule has 1 fully saturated rings. The lowest BCUT2D eigenvalue weighted by Crippen LogP contribution is -2.07. The minimum absolute atomic E-state index is 0.198. The van der Waals surface area contributed by atoms with Gasteiger partial charge in [0.05, 0.1) is 6.54 Å². The molecule has 0 aliphatic carbocycles. The van der Waals surface area contributed by atoms with Crippen LogP contribution in [0, 0.1) is 0 Å². The second-order valence-corrected chi connectivity index (χ2v) is 2.00. The van der Waals surface area contributed by atoms with Crippen molar-refractivity contribution in [2.75, 3.05) is 6.54 Å². The van der Waals surface area contributed by atoms with Gasteiger partial charge in [0.15, 0.2) is 0 Å². The first kappa shape index (κ1) is 4.80. The van der Waals surface area contributed by atoms with E-state index in [-0.39, 0.29) is 17.4 Å². The van der Waals surface area contributed by atoms with Crippen LogP contribution in [0.3, 0.4) is 0 Å². The summed E-state index contributed by atoms with van der Waals surface area (Å²) in [5.41, 5.74) is 0. The number of hydrogen-bond donors (Lipinski definition) is 1. The van der Waals surface area contributed by atoms with Gasteiger partial charge < -0.3 is 0 Å².